The van der Waals surface area contributed by atoms with E-state index in [0.29, 0.717) is 5.56 Å². The Labute approximate surface area is 140 Å². The molecule has 5 heteroatoms. The minimum absolute atomic E-state index is 0.0191. The van der Waals surface area contributed by atoms with Gasteiger partial charge in [-0.15, -0.1) is 0 Å². The van der Waals surface area contributed by atoms with Gasteiger partial charge in [-0.1, -0.05) is 24.3 Å². The number of nitrogens with zero attached hydrogens (tertiary/aromatic N) is 1. The maximum atomic E-state index is 11.0. The monoisotopic (exact) mass is 326 g/mol. The van der Waals surface area contributed by atoms with Crippen LogP contribution in [0.1, 0.15) is 25.5 Å². The summed E-state index contributed by atoms with van der Waals surface area (Å²) in [4.78, 5) is 11.0. The first-order chi connectivity index (χ1) is 11.5. The molecule has 0 bridgehead atoms. The maximum absolute atomic E-state index is 11.0. The van der Waals surface area contributed by atoms with Gasteiger partial charge in [0.15, 0.2) is 0 Å². The van der Waals surface area contributed by atoms with Gasteiger partial charge in [0.25, 0.3) is 0 Å². The highest BCUT2D eigenvalue weighted by atomic mass is 16.3. The van der Waals surface area contributed by atoms with Crippen LogP contribution in [-0.4, -0.2) is 33.3 Å². The number of rotatable bonds is 5. The second-order valence-electron chi connectivity index (χ2n) is 5.99. The third-order valence-electron chi connectivity index (χ3n) is 4.38. The second-order valence-corrected chi connectivity index (χ2v) is 5.99. The highest BCUT2D eigenvalue weighted by Gasteiger charge is 2.20. The zero-order valence-corrected chi connectivity index (χ0v) is 13.9. The first kappa shape index (κ1) is 16.5. The van der Waals surface area contributed by atoms with Gasteiger partial charge < -0.3 is 20.1 Å². The summed E-state index contributed by atoms with van der Waals surface area (Å²) in [6.45, 7) is 4.36. The molecule has 126 valence electrons. The number of hydrogen-bond donors (Lipinski definition) is 3. The van der Waals surface area contributed by atoms with E-state index in [0.717, 1.165) is 28.4 Å². The predicted octanol–water partition coefficient (Wildman–Crippen LogP) is 2.34. The fourth-order valence-corrected chi connectivity index (χ4v) is 3.18. The molecule has 24 heavy (non-hydrogen) atoms. The van der Waals surface area contributed by atoms with Gasteiger partial charge in [0.2, 0.25) is 5.91 Å². The van der Waals surface area contributed by atoms with E-state index in [2.05, 4.69) is 28.9 Å². The van der Waals surface area contributed by atoms with Crippen molar-refractivity contribution in [3.05, 3.63) is 48.0 Å². The summed E-state index contributed by atoms with van der Waals surface area (Å²) in [5, 5.41) is 25.2. The fraction of sp³-hybridized carbons (Fsp3) is 0.316. The number of fused-ring (bicyclic) bond motifs is 3. The van der Waals surface area contributed by atoms with Gasteiger partial charge in [-0.05, 0) is 30.7 Å². The number of aliphatic hydroxyl groups is 2. The molecule has 0 fully saturated rings. The van der Waals surface area contributed by atoms with E-state index in [1.807, 2.05) is 30.3 Å². The number of aliphatic hydroxyl groups excluding tert-OH is 2. The quantitative estimate of drug-likeness (QED) is 0.674. The zero-order valence-electron chi connectivity index (χ0n) is 13.9. The molecule has 0 saturated heterocycles. The molecule has 1 aromatic heterocycles. The van der Waals surface area contributed by atoms with Crippen molar-refractivity contribution in [1.29, 1.82) is 0 Å². The van der Waals surface area contributed by atoms with Gasteiger partial charge in [0.1, 0.15) is 12.2 Å². The first-order valence-electron chi connectivity index (χ1n) is 8.14. The molecule has 3 N–H and O–H groups in total. The summed E-state index contributed by atoms with van der Waals surface area (Å²) in [5.74, 6) is -0.234. The Balaban J connectivity index is 2.02. The van der Waals surface area contributed by atoms with Gasteiger partial charge in [-0.25, -0.2) is 0 Å². The molecule has 5 nitrogen and oxygen atoms in total. The van der Waals surface area contributed by atoms with E-state index in [1.54, 1.807) is 0 Å². The average Bonchev–Trinajstić information content (AvgIpc) is 2.91. The summed E-state index contributed by atoms with van der Waals surface area (Å²) in [5.41, 5.74) is 2.89. The van der Waals surface area contributed by atoms with Crippen molar-refractivity contribution in [2.24, 2.45) is 0 Å². The molecule has 2 aromatic carbocycles. The number of aryl methyl sites for hydroxylation is 1. The fourth-order valence-electron chi connectivity index (χ4n) is 3.18. The lowest BCUT2D eigenvalue weighted by molar-refractivity contribution is -0.119. The van der Waals surface area contributed by atoms with Crippen molar-refractivity contribution >= 4 is 27.7 Å². The van der Waals surface area contributed by atoms with E-state index >= 15 is 0 Å². The molecule has 0 aliphatic heterocycles. The molecule has 0 spiro atoms. The van der Waals surface area contributed by atoms with Crippen molar-refractivity contribution in [1.82, 2.24) is 9.88 Å². The Morgan fingerprint density at radius 2 is 1.83 bits per heavy atom. The average molecular weight is 326 g/mol. The van der Waals surface area contributed by atoms with E-state index in [1.165, 1.54) is 6.92 Å². The Morgan fingerprint density at radius 1 is 1.12 bits per heavy atom. The van der Waals surface area contributed by atoms with E-state index in [-0.39, 0.29) is 12.5 Å². The van der Waals surface area contributed by atoms with Crippen LogP contribution in [0.25, 0.3) is 21.8 Å². The van der Waals surface area contributed by atoms with Crippen molar-refractivity contribution in [3.63, 3.8) is 0 Å². The van der Waals surface area contributed by atoms with Gasteiger partial charge in [0, 0.05) is 41.8 Å². The molecular formula is C19H22N2O3. The van der Waals surface area contributed by atoms with Crippen molar-refractivity contribution < 1.29 is 15.0 Å². The molecule has 3 aromatic rings. The third-order valence-corrected chi connectivity index (χ3v) is 4.38. The molecule has 0 saturated carbocycles. The summed E-state index contributed by atoms with van der Waals surface area (Å²) >= 11 is 0. The molecule has 0 aliphatic rings. The normalized spacial score (nSPS) is 14.0. The standard InChI is InChI=1S/C19H22N2O3/c1-3-21-16-7-5-4-6-14(16)15-10-13(8-9-17(15)21)19(24)18(23)11-20-12(2)22/h4-10,18-19,23-24H,3,11H2,1-2H3,(H,20,22). The van der Waals surface area contributed by atoms with Crippen molar-refractivity contribution in [2.45, 2.75) is 32.6 Å². The molecule has 2 atom stereocenters. The Bertz CT molecular complexity index is 885. The van der Waals surface area contributed by atoms with Crippen LogP contribution in [0.2, 0.25) is 0 Å². The van der Waals surface area contributed by atoms with Crippen LogP contribution in [-0.2, 0) is 11.3 Å². The lowest BCUT2D eigenvalue weighted by Gasteiger charge is -2.18. The Kier molecular flexibility index (Phi) is 4.55. The van der Waals surface area contributed by atoms with Crippen LogP contribution in [0.15, 0.2) is 42.5 Å². The molecule has 1 amide bonds. The van der Waals surface area contributed by atoms with Crippen LogP contribution in [0, 0.1) is 0 Å². The number of carbonyl (C=O) groups excluding carboxylic acids is 1. The Hall–Kier alpha value is -2.37. The molecule has 2 unspecified atom stereocenters. The third kappa shape index (κ3) is 2.88. The summed E-state index contributed by atoms with van der Waals surface area (Å²) in [6.07, 6.45) is -2.10. The van der Waals surface area contributed by atoms with Gasteiger partial charge in [-0.2, -0.15) is 0 Å². The van der Waals surface area contributed by atoms with Crippen molar-refractivity contribution in [3.8, 4) is 0 Å². The van der Waals surface area contributed by atoms with Gasteiger partial charge in [0.05, 0.1) is 0 Å². The number of para-hydroxylation sites is 1. The minimum atomic E-state index is -1.05. The van der Waals surface area contributed by atoms with Crippen LogP contribution < -0.4 is 5.32 Å². The largest absolute Gasteiger partial charge is 0.388 e. The predicted molar refractivity (Wildman–Crippen MR) is 94.8 cm³/mol. The molecule has 0 aliphatic carbocycles. The lowest BCUT2D eigenvalue weighted by Crippen LogP contribution is -2.34. The van der Waals surface area contributed by atoms with Gasteiger partial charge in [-0.3, -0.25) is 4.79 Å². The van der Waals surface area contributed by atoms with Crippen LogP contribution in [0.5, 0.6) is 0 Å². The first-order valence-corrected chi connectivity index (χ1v) is 8.14. The number of benzene rings is 2. The SMILES string of the molecule is CCn1c2ccccc2c2cc(C(O)C(O)CNC(C)=O)ccc21. The Morgan fingerprint density at radius 3 is 2.54 bits per heavy atom. The van der Waals surface area contributed by atoms with E-state index < -0.39 is 12.2 Å². The lowest BCUT2D eigenvalue weighted by atomic mass is 10.0. The molecule has 3 rings (SSSR count). The molecular weight excluding hydrogens is 304 g/mol. The zero-order chi connectivity index (χ0) is 17.3. The smallest absolute Gasteiger partial charge is 0.216 e. The van der Waals surface area contributed by atoms with Crippen LogP contribution in [0.4, 0.5) is 0 Å². The van der Waals surface area contributed by atoms with E-state index in [9.17, 15) is 15.0 Å². The number of carbonyl (C=O) groups is 1. The van der Waals surface area contributed by atoms with Crippen molar-refractivity contribution in [2.75, 3.05) is 6.54 Å². The van der Waals surface area contributed by atoms with Crippen LogP contribution >= 0.6 is 0 Å². The topological polar surface area (TPSA) is 74.5 Å². The summed E-state index contributed by atoms with van der Waals surface area (Å²) in [6, 6.07) is 13.9. The summed E-state index contributed by atoms with van der Waals surface area (Å²) in [7, 11) is 0. The second kappa shape index (κ2) is 6.63. The van der Waals surface area contributed by atoms with E-state index in [4.69, 9.17) is 0 Å². The highest BCUT2D eigenvalue weighted by Crippen LogP contribution is 2.31. The van der Waals surface area contributed by atoms with Crippen LogP contribution in [0.3, 0.4) is 0 Å². The minimum Gasteiger partial charge on any atom is -0.388 e. The molecule has 1 heterocycles. The molecule has 0 radical (unpaired) electrons. The highest BCUT2D eigenvalue weighted by molar-refractivity contribution is 6.08. The van der Waals surface area contributed by atoms with Gasteiger partial charge >= 0.3 is 0 Å². The maximum Gasteiger partial charge on any atom is 0.216 e. The number of hydrogen-bond acceptors (Lipinski definition) is 3. The number of aromatic nitrogens is 1. The summed E-state index contributed by atoms with van der Waals surface area (Å²) < 4.78 is 2.23. The number of amides is 1. The number of nitrogens with one attached hydrogen (secondary N) is 1.